The molecule has 5 fully saturated rings. The maximum atomic E-state index is 12.6. The number of ketones is 1. The number of hydrogen-bond donors (Lipinski definition) is 4. The molecule has 0 spiro atoms. The molecule has 0 radical (unpaired) electrons. The van der Waals surface area contributed by atoms with Crippen LogP contribution in [-0.4, -0.2) is 103 Å². The monoisotopic (exact) mass is 620 g/mol. The first kappa shape index (κ1) is 33.3. The number of hydrogen-bond acceptors (Lipinski definition) is 9. The number of carboxylic acids is 1. The number of aliphatic carboxylic acids is 1. The Morgan fingerprint density at radius 2 is 1.36 bits per heavy atom. The molecule has 44 heavy (non-hydrogen) atoms. The lowest BCUT2D eigenvalue weighted by Gasteiger charge is -2.44. The number of nitrogens with zero attached hydrogens (tertiary/aromatic N) is 2. The van der Waals surface area contributed by atoms with E-state index in [2.05, 4.69) is 10.6 Å². The Hall–Kier alpha value is -3.55. The van der Waals surface area contributed by atoms with Crippen LogP contribution in [0, 0.1) is 0 Å². The summed E-state index contributed by atoms with van der Waals surface area (Å²) < 4.78 is 4.80. The lowest BCUT2D eigenvalue weighted by Crippen LogP contribution is -2.60. The van der Waals surface area contributed by atoms with Gasteiger partial charge in [0.2, 0.25) is 29.4 Å². The van der Waals surface area contributed by atoms with E-state index in [1.165, 1.54) is 13.8 Å². The van der Waals surface area contributed by atoms with Crippen molar-refractivity contribution in [1.82, 2.24) is 20.4 Å². The van der Waals surface area contributed by atoms with Gasteiger partial charge in [0.15, 0.2) is 5.78 Å². The standard InChI is InChI=1S/2C15H22N2O5/c1-15(21)11(8-13(19)22-15)16-14(20)10-6-2-4-9-5-3-7-12(18)17(9)10;1-9(18)11(8-14(20)21)16-15(22)12-6-2-4-10-5-3-7-13(19)17(10)12/h9-11,21H,2-8H2,1H3,(H,16,20);10-12H,2-8H2,1H3,(H,16,22)(H,20,21). The third-order valence-electron chi connectivity index (χ3n) is 9.37. The number of carbonyl (C=O) groups is 7. The Bertz CT molecular complexity index is 1170. The fourth-order valence-corrected chi connectivity index (χ4v) is 7.12. The molecule has 5 aliphatic rings. The van der Waals surface area contributed by atoms with E-state index in [1.54, 1.807) is 9.80 Å². The summed E-state index contributed by atoms with van der Waals surface area (Å²) in [4.78, 5) is 86.3. The van der Waals surface area contributed by atoms with E-state index in [4.69, 9.17) is 9.84 Å². The second kappa shape index (κ2) is 14.0. The molecule has 0 bridgehead atoms. The number of Topliss-reactive ketones (excluding diaryl/α,β-unsaturated/α-hetero) is 1. The Balaban J connectivity index is 0.000000201. The van der Waals surface area contributed by atoms with Crippen LogP contribution in [0.2, 0.25) is 0 Å². The number of carbonyl (C=O) groups excluding carboxylic acids is 6. The molecule has 0 aromatic carbocycles. The van der Waals surface area contributed by atoms with E-state index >= 15 is 0 Å². The normalized spacial score (nSPS) is 32.2. The van der Waals surface area contributed by atoms with Crippen LogP contribution in [0.15, 0.2) is 0 Å². The Kier molecular flexibility index (Phi) is 10.6. The molecule has 7 unspecified atom stereocenters. The molecule has 0 aromatic heterocycles. The topological polar surface area (TPSA) is 200 Å². The van der Waals surface area contributed by atoms with Crippen molar-refractivity contribution in [2.75, 3.05) is 0 Å². The van der Waals surface area contributed by atoms with Gasteiger partial charge in [0.05, 0.1) is 18.9 Å². The number of fused-ring (bicyclic) bond motifs is 2. The van der Waals surface area contributed by atoms with Crippen LogP contribution in [0.4, 0.5) is 0 Å². The zero-order chi connectivity index (χ0) is 32.2. The molecule has 5 aliphatic heterocycles. The number of ether oxygens (including phenoxy) is 1. The van der Waals surface area contributed by atoms with Gasteiger partial charge in [-0.15, -0.1) is 0 Å². The smallest absolute Gasteiger partial charge is 0.310 e. The van der Waals surface area contributed by atoms with E-state index in [0.717, 1.165) is 51.4 Å². The highest BCUT2D eigenvalue weighted by Gasteiger charge is 2.47. The first-order valence-electron chi connectivity index (χ1n) is 15.7. The number of nitrogens with one attached hydrogen (secondary N) is 2. The van der Waals surface area contributed by atoms with Crippen LogP contribution in [0.5, 0.6) is 0 Å². The second-order valence-electron chi connectivity index (χ2n) is 12.7. The van der Waals surface area contributed by atoms with Crippen molar-refractivity contribution in [3.05, 3.63) is 0 Å². The van der Waals surface area contributed by atoms with Gasteiger partial charge >= 0.3 is 11.9 Å². The molecular weight excluding hydrogens is 576 g/mol. The maximum Gasteiger partial charge on any atom is 0.310 e. The van der Waals surface area contributed by atoms with Gasteiger partial charge in [-0.3, -0.25) is 33.6 Å². The number of rotatable bonds is 7. The predicted molar refractivity (Wildman–Crippen MR) is 152 cm³/mol. The Labute approximate surface area is 256 Å². The van der Waals surface area contributed by atoms with E-state index in [9.17, 15) is 38.7 Å². The van der Waals surface area contributed by atoms with Crippen LogP contribution in [0.3, 0.4) is 0 Å². The van der Waals surface area contributed by atoms with Crippen molar-refractivity contribution in [2.24, 2.45) is 0 Å². The molecule has 5 rings (SSSR count). The summed E-state index contributed by atoms with van der Waals surface area (Å²) in [7, 11) is 0. The van der Waals surface area contributed by atoms with Gasteiger partial charge in [-0.25, -0.2) is 0 Å². The van der Waals surface area contributed by atoms with Crippen LogP contribution >= 0.6 is 0 Å². The van der Waals surface area contributed by atoms with Gasteiger partial charge in [0, 0.05) is 31.8 Å². The fourth-order valence-electron chi connectivity index (χ4n) is 7.12. The molecule has 5 heterocycles. The molecule has 4 amide bonds. The second-order valence-corrected chi connectivity index (χ2v) is 12.7. The van der Waals surface area contributed by atoms with Crippen LogP contribution in [0.25, 0.3) is 0 Å². The minimum atomic E-state index is -1.69. The Morgan fingerprint density at radius 1 is 0.864 bits per heavy atom. The summed E-state index contributed by atoms with van der Waals surface area (Å²) in [5, 5.41) is 24.0. The van der Waals surface area contributed by atoms with Gasteiger partial charge in [0.1, 0.15) is 18.1 Å². The number of esters is 1. The first-order valence-corrected chi connectivity index (χ1v) is 15.7. The van der Waals surface area contributed by atoms with Crippen LogP contribution in [0.1, 0.15) is 104 Å². The molecular formula is C30H44N4O10. The highest BCUT2D eigenvalue weighted by molar-refractivity contribution is 5.94. The molecule has 244 valence electrons. The average Bonchev–Trinajstić information content (AvgIpc) is 3.22. The number of amides is 4. The molecule has 0 aliphatic carbocycles. The fraction of sp³-hybridized carbons (Fsp3) is 0.767. The van der Waals surface area contributed by atoms with Crippen LogP contribution < -0.4 is 10.6 Å². The molecule has 14 heteroatoms. The van der Waals surface area contributed by atoms with E-state index in [0.29, 0.717) is 25.7 Å². The molecule has 14 nitrogen and oxygen atoms in total. The van der Waals surface area contributed by atoms with Gasteiger partial charge < -0.3 is 35.4 Å². The minimum absolute atomic E-state index is 0.0197. The summed E-state index contributed by atoms with van der Waals surface area (Å²) in [6.45, 7) is 2.61. The zero-order valence-electron chi connectivity index (χ0n) is 25.4. The van der Waals surface area contributed by atoms with Gasteiger partial charge in [0.25, 0.3) is 0 Å². The average molecular weight is 621 g/mol. The van der Waals surface area contributed by atoms with Gasteiger partial charge in [-0.05, 0) is 71.1 Å². The first-order chi connectivity index (χ1) is 20.8. The Morgan fingerprint density at radius 3 is 1.82 bits per heavy atom. The summed E-state index contributed by atoms with van der Waals surface area (Å²) in [6.07, 6.45) is 8.82. The SMILES string of the molecule is CC(=O)C(CC(=O)O)NC(=O)C1CCCC2CCCC(=O)N21.CC1(O)OC(=O)CC1NC(=O)C1CCCC2CCCC(=O)N21. The summed E-state index contributed by atoms with van der Waals surface area (Å²) in [5.41, 5.74) is 0. The molecule has 0 saturated carbocycles. The lowest BCUT2D eigenvalue weighted by molar-refractivity contribution is -0.187. The predicted octanol–water partition coefficient (Wildman–Crippen LogP) is 0.529. The van der Waals surface area contributed by atoms with Crippen LogP contribution in [-0.2, 0) is 38.3 Å². The molecule has 7 atom stereocenters. The van der Waals surface area contributed by atoms with E-state index < -0.39 is 60.0 Å². The quantitative estimate of drug-likeness (QED) is 0.291. The third-order valence-corrected chi connectivity index (χ3v) is 9.37. The van der Waals surface area contributed by atoms with Gasteiger partial charge in [-0.2, -0.15) is 0 Å². The van der Waals surface area contributed by atoms with Crippen molar-refractivity contribution in [3.8, 4) is 0 Å². The number of cyclic esters (lactones) is 1. The number of aliphatic hydroxyl groups is 1. The van der Waals surface area contributed by atoms with Crippen molar-refractivity contribution in [2.45, 2.75) is 146 Å². The number of carboxylic acid groups (broad SMARTS) is 1. The van der Waals surface area contributed by atoms with E-state index in [-0.39, 0.29) is 36.2 Å². The summed E-state index contributed by atoms with van der Waals surface area (Å²) in [6, 6.07) is -2.65. The van der Waals surface area contributed by atoms with Crippen molar-refractivity contribution < 1.29 is 48.5 Å². The highest BCUT2D eigenvalue weighted by Crippen LogP contribution is 2.33. The van der Waals surface area contributed by atoms with Crippen molar-refractivity contribution in [3.63, 3.8) is 0 Å². The molecule has 4 N–H and O–H groups in total. The van der Waals surface area contributed by atoms with E-state index in [1.807, 2.05) is 0 Å². The highest BCUT2D eigenvalue weighted by atomic mass is 16.7. The van der Waals surface area contributed by atoms with Crippen molar-refractivity contribution in [1.29, 1.82) is 0 Å². The summed E-state index contributed by atoms with van der Waals surface area (Å²) >= 11 is 0. The zero-order valence-corrected chi connectivity index (χ0v) is 25.4. The molecule has 5 saturated heterocycles. The van der Waals surface area contributed by atoms with Gasteiger partial charge in [-0.1, -0.05) is 0 Å². The largest absolute Gasteiger partial charge is 0.481 e. The van der Waals surface area contributed by atoms with Crippen molar-refractivity contribution >= 4 is 41.4 Å². The lowest BCUT2D eigenvalue weighted by atomic mass is 9.88. The third kappa shape index (κ3) is 7.74. The summed E-state index contributed by atoms with van der Waals surface area (Å²) in [5.74, 6) is -4.47. The number of piperidine rings is 4. The molecule has 0 aromatic rings. The maximum absolute atomic E-state index is 12.6. The minimum Gasteiger partial charge on any atom is -0.481 e.